The van der Waals surface area contributed by atoms with Gasteiger partial charge in [0.1, 0.15) is 0 Å². The van der Waals surface area contributed by atoms with Crippen LogP contribution in [0.25, 0.3) is 0 Å². The molecule has 0 unspecified atom stereocenters. The van der Waals surface area contributed by atoms with Crippen molar-refractivity contribution in [2.75, 3.05) is 0 Å². The monoisotopic (exact) mass is 125 g/mol. The second-order valence-corrected chi connectivity index (χ2v) is 1.92. The minimum Gasteiger partial charge on any atom is -0.195 e. The molecule has 1 radical (unpaired) electrons. The van der Waals surface area contributed by atoms with Crippen LogP contribution in [0, 0.1) is 6.92 Å². The summed E-state index contributed by atoms with van der Waals surface area (Å²) in [6.07, 6.45) is -0.00733. The van der Waals surface area contributed by atoms with Crippen molar-refractivity contribution < 1.29 is 8.78 Å². The van der Waals surface area contributed by atoms with Crippen molar-refractivity contribution in [3.05, 3.63) is 6.92 Å². The fourth-order valence-corrected chi connectivity index (χ4v) is 0.371. The van der Waals surface area contributed by atoms with Crippen molar-refractivity contribution in [1.82, 2.24) is 0 Å². The third kappa shape index (κ3) is 6.21. The lowest BCUT2D eigenvalue weighted by molar-refractivity contribution is 0.0994. The number of hydrogen-bond donors (Lipinski definition) is 1. The van der Waals surface area contributed by atoms with Gasteiger partial charge < -0.3 is 0 Å². The third-order valence-electron chi connectivity index (χ3n) is 0.478. The van der Waals surface area contributed by atoms with Crippen molar-refractivity contribution in [2.24, 2.45) is 0 Å². The van der Waals surface area contributed by atoms with Crippen LogP contribution in [0.3, 0.4) is 0 Å². The summed E-state index contributed by atoms with van der Waals surface area (Å²) < 4.78 is 23.1. The quantitative estimate of drug-likeness (QED) is 0.537. The minimum absolute atomic E-state index is 0.233. The van der Waals surface area contributed by atoms with Crippen molar-refractivity contribution in [3.63, 3.8) is 0 Å². The Bertz CT molecular complexity index is 48.1. The molecular formula is C4H7F2S. The van der Waals surface area contributed by atoms with E-state index in [9.17, 15) is 8.78 Å². The average molecular weight is 125 g/mol. The normalized spacial score (nSPS) is 12.0. The summed E-state index contributed by atoms with van der Waals surface area (Å²) in [6.45, 7) is 3.24. The number of thiol groups is 1. The van der Waals surface area contributed by atoms with Crippen molar-refractivity contribution in [3.8, 4) is 0 Å². The standard InChI is InChI=1S/C4H7F2S/c1-2-3-4(5,6)7/h7H,1-3H2. The molecule has 0 aliphatic heterocycles. The minimum atomic E-state index is -2.82. The van der Waals surface area contributed by atoms with Gasteiger partial charge in [0.15, 0.2) is 0 Å². The maximum Gasteiger partial charge on any atom is 0.291 e. The number of alkyl halides is 2. The molecule has 0 aliphatic rings. The van der Waals surface area contributed by atoms with Gasteiger partial charge >= 0.3 is 0 Å². The summed E-state index contributed by atoms with van der Waals surface area (Å²) in [5, 5.41) is -2.82. The van der Waals surface area contributed by atoms with Gasteiger partial charge in [-0.05, 0) is 6.42 Å². The summed E-state index contributed by atoms with van der Waals surface area (Å²) in [5.41, 5.74) is 0. The highest BCUT2D eigenvalue weighted by Gasteiger charge is 2.19. The zero-order chi connectivity index (χ0) is 5.91. The second-order valence-electron chi connectivity index (χ2n) is 1.27. The molecule has 0 aliphatic carbocycles. The number of rotatable bonds is 2. The van der Waals surface area contributed by atoms with E-state index in [4.69, 9.17) is 0 Å². The predicted octanol–water partition coefficient (Wildman–Crippen LogP) is 2.12. The van der Waals surface area contributed by atoms with E-state index in [1.807, 2.05) is 0 Å². The molecule has 0 bridgehead atoms. The van der Waals surface area contributed by atoms with E-state index in [2.05, 4.69) is 19.6 Å². The van der Waals surface area contributed by atoms with Gasteiger partial charge in [-0.2, -0.15) is 8.78 Å². The fraction of sp³-hybridized carbons (Fsp3) is 0.750. The lowest BCUT2D eigenvalue weighted by Gasteiger charge is -2.03. The summed E-state index contributed by atoms with van der Waals surface area (Å²) >= 11 is 2.96. The summed E-state index contributed by atoms with van der Waals surface area (Å²) in [7, 11) is 0. The highest BCUT2D eigenvalue weighted by molar-refractivity contribution is 7.81. The molecule has 0 spiro atoms. The van der Waals surface area contributed by atoms with Gasteiger partial charge in [-0.1, -0.05) is 6.92 Å². The Labute approximate surface area is 47.3 Å². The zero-order valence-corrected chi connectivity index (χ0v) is 4.72. The van der Waals surface area contributed by atoms with Crippen LogP contribution in [-0.2, 0) is 0 Å². The van der Waals surface area contributed by atoms with Crippen LogP contribution in [-0.4, -0.2) is 5.25 Å². The van der Waals surface area contributed by atoms with E-state index >= 15 is 0 Å². The average Bonchev–Trinajstić information content (AvgIpc) is 1.30. The van der Waals surface area contributed by atoms with Gasteiger partial charge in [-0.25, -0.2) is 0 Å². The molecule has 0 saturated carbocycles. The Hall–Kier alpha value is 0.210. The Morgan fingerprint density at radius 1 is 1.57 bits per heavy atom. The van der Waals surface area contributed by atoms with Crippen LogP contribution in [0.15, 0.2) is 0 Å². The summed E-state index contributed by atoms with van der Waals surface area (Å²) in [4.78, 5) is 0. The first-order valence-electron chi connectivity index (χ1n) is 1.96. The summed E-state index contributed by atoms with van der Waals surface area (Å²) in [6, 6.07) is 0. The van der Waals surface area contributed by atoms with Crippen LogP contribution in [0.2, 0.25) is 0 Å². The molecule has 3 heteroatoms. The maximum absolute atomic E-state index is 11.5. The molecule has 7 heavy (non-hydrogen) atoms. The van der Waals surface area contributed by atoms with Crippen LogP contribution < -0.4 is 0 Å². The van der Waals surface area contributed by atoms with Crippen LogP contribution in [0.5, 0.6) is 0 Å². The molecule has 0 saturated heterocycles. The zero-order valence-electron chi connectivity index (χ0n) is 3.82. The molecule has 0 aromatic carbocycles. The third-order valence-corrected chi connectivity index (χ3v) is 0.701. The molecule has 0 amide bonds. The van der Waals surface area contributed by atoms with Crippen LogP contribution in [0.4, 0.5) is 8.78 Å². The fourth-order valence-electron chi connectivity index (χ4n) is 0.213. The molecule has 0 aromatic heterocycles. The van der Waals surface area contributed by atoms with E-state index in [0.717, 1.165) is 0 Å². The second kappa shape index (κ2) is 2.50. The van der Waals surface area contributed by atoms with Gasteiger partial charge in [0.05, 0.1) is 0 Å². The number of halogens is 2. The Morgan fingerprint density at radius 3 is 2.00 bits per heavy atom. The molecule has 0 aromatic rings. The Morgan fingerprint density at radius 2 is 2.00 bits per heavy atom. The van der Waals surface area contributed by atoms with Gasteiger partial charge in [0, 0.05) is 6.42 Å². The van der Waals surface area contributed by atoms with E-state index in [1.54, 1.807) is 0 Å². The summed E-state index contributed by atoms with van der Waals surface area (Å²) in [5.74, 6) is 0. The maximum atomic E-state index is 11.5. The van der Waals surface area contributed by atoms with Crippen LogP contribution >= 0.6 is 12.6 Å². The first-order chi connectivity index (χ1) is 3.06. The van der Waals surface area contributed by atoms with Crippen molar-refractivity contribution >= 4 is 12.6 Å². The molecular weight excluding hydrogens is 118 g/mol. The first kappa shape index (κ1) is 7.21. The molecule has 43 valence electrons. The highest BCUT2D eigenvalue weighted by Crippen LogP contribution is 2.23. The molecule has 0 N–H and O–H groups in total. The van der Waals surface area contributed by atoms with Gasteiger partial charge in [-0.3, -0.25) is 0 Å². The van der Waals surface area contributed by atoms with E-state index in [0.29, 0.717) is 0 Å². The molecule has 0 heterocycles. The largest absolute Gasteiger partial charge is 0.291 e. The topological polar surface area (TPSA) is 0 Å². The van der Waals surface area contributed by atoms with Gasteiger partial charge in [0.2, 0.25) is 0 Å². The first-order valence-corrected chi connectivity index (χ1v) is 2.40. The van der Waals surface area contributed by atoms with Crippen LogP contribution in [0.1, 0.15) is 12.8 Å². The smallest absolute Gasteiger partial charge is 0.195 e. The SMILES string of the molecule is [CH2]CCC(F)(F)S. The Balaban J connectivity index is 3.15. The highest BCUT2D eigenvalue weighted by atomic mass is 32.1. The lowest BCUT2D eigenvalue weighted by Crippen LogP contribution is -2.03. The number of hydrogen-bond acceptors (Lipinski definition) is 1. The molecule has 0 fully saturated rings. The molecule has 0 rings (SSSR count). The van der Waals surface area contributed by atoms with Gasteiger partial charge in [-0.15, -0.1) is 12.6 Å². The predicted molar refractivity (Wildman–Crippen MR) is 28.5 cm³/mol. The Kier molecular flexibility index (Phi) is 2.58. The van der Waals surface area contributed by atoms with Crippen molar-refractivity contribution in [2.45, 2.75) is 18.1 Å². The van der Waals surface area contributed by atoms with E-state index in [-0.39, 0.29) is 12.8 Å². The van der Waals surface area contributed by atoms with E-state index < -0.39 is 5.25 Å². The lowest BCUT2D eigenvalue weighted by atomic mass is 10.3. The van der Waals surface area contributed by atoms with E-state index in [1.165, 1.54) is 0 Å². The van der Waals surface area contributed by atoms with Gasteiger partial charge in [0.25, 0.3) is 5.25 Å². The molecule has 0 atom stereocenters. The van der Waals surface area contributed by atoms with Crippen molar-refractivity contribution in [1.29, 1.82) is 0 Å². The molecule has 0 nitrogen and oxygen atoms in total.